The van der Waals surface area contributed by atoms with Gasteiger partial charge in [0, 0.05) is 24.2 Å². The van der Waals surface area contributed by atoms with E-state index in [0.717, 1.165) is 36.5 Å². The highest BCUT2D eigenvalue weighted by molar-refractivity contribution is 7.92. The Hall–Kier alpha value is -2.43. The Morgan fingerprint density at radius 1 is 0.967 bits per heavy atom. The van der Waals surface area contributed by atoms with Gasteiger partial charge >= 0.3 is 12.4 Å². The monoisotopic (exact) mass is 451 g/mol. The molecule has 4 nitrogen and oxygen atoms in total. The number of benzene rings is 1. The van der Waals surface area contributed by atoms with E-state index < -0.39 is 55.2 Å². The molecule has 0 radical (unpaired) electrons. The van der Waals surface area contributed by atoms with Crippen LogP contribution in [0.5, 0.6) is 0 Å². The lowest BCUT2D eigenvalue weighted by atomic mass is 9.80. The first kappa shape index (κ1) is 22.3. The van der Waals surface area contributed by atoms with Crippen LogP contribution in [-0.4, -0.2) is 24.4 Å². The number of pyridine rings is 1. The van der Waals surface area contributed by atoms with Gasteiger partial charge in [0.05, 0.1) is 21.3 Å². The zero-order valence-electron chi connectivity index (χ0n) is 15.2. The van der Waals surface area contributed by atoms with E-state index in [1.165, 1.54) is 0 Å². The summed E-state index contributed by atoms with van der Waals surface area (Å²) in [4.78, 5) is 15.5. The van der Waals surface area contributed by atoms with Gasteiger partial charge in [0.1, 0.15) is 5.78 Å². The molecule has 1 saturated carbocycles. The molecule has 0 N–H and O–H groups in total. The zero-order chi connectivity index (χ0) is 22.3. The van der Waals surface area contributed by atoms with Gasteiger partial charge in [-0.05, 0) is 43.2 Å². The summed E-state index contributed by atoms with van der Waals surface area (Å²) in [5.41, 5.74) is -2.12. The fourth-order valence-electron chi connectivity index (χ4n) is 3.20. The fourth-order valence-corrected chi connectivity index (χ4v) is 5.11. The number of hydrogen-bond donors (Lipinski definition) is 0. The molecular formula is C19H15F6NO3S. The summed E-state index contributed by atoms with van der Waals surface area (Å²) < 4.78 is 102. The largest absolute Gasteiger partial charge is 0.416 e. The minimum absolute atomic E-state index is 0.0842. The standard InChI is InChI=1S/C19H15F6NO3S/c20-18(21,22)12-2-1-3-15(9-12)30(28,29)16-6-11(7-16)17(27)10-14-8-13(4-5-26-14)19(23,24)25/h1-5,8-9,11,16H,6-7,10H2. The minimum Gasteiger partial charge on any atom is -0.299 e. The van der Waals surface area contributed by atoms with Gasteiger partial charge in [0.2, 0.25) is 0 Å². The summed E-state index contributed by atoms with van der Waals surface area (Å²) in [5, 5.41) is -1.02. The van der Waals surface area contributed by atoms with E-state index in [9.17, 15) is 39.6 Å². The molecular weight excluding hydrogens is 436 g/mol. The summed E-state index contributed by atoms with van der Waals surface area (Å²) in [7, 11) is -4.07. The highest BCUT2D eigenvalue weighted by Gasteiger charge is 2.43. The smallest absolute Gasteiger partial charge is 0.299 e. The molecule has 0 aliphatic heterocycles. The molecule has 1 aliphatic carbocycles. The van der Waals surface area contributed by atoms with Gasteiger partial charge in [-0.15, -0.1) is 0 Å². The summed E-state index contributed by atoms with van der Waals surface area (Å²) in [6.45, 7) is 0. The lowest BCUT2D eigenvalue weighted by Gasteiger charge is -2.33. The molecule has 1 aromatic carbocycles. The molecule has 0 unspecified atom stereocenters. The zero-order valence-corrected chi connectivity index (χ0v) is 16.0. The van der Waals surface area contributed by atoms with Crippen molar-refractivity contribution in [2.75, 3.05) is 0 Å². The van der Waals surface area contributed by atoms with Crippen molar-refractivity contribution in [3.8, 4) is 0 Å². The number of alkyl halides is 6. The Bertz CT molecular complexity index is 1060. The predicted molar refractivity (Wildman–Crippen MR) is 93.1 cm³/mol. The maximum atomic E-state index is 12.8. The van der Waals surface area contributed by atoms with Crippen LogP contribution in [0.1, 0.15) is 29.7 Å². The number of hydrogen-bond acceptors (Lipinski definition) is 4. The topological polar surface area (TPSA) is 64.1 Å². The van der Waals surface area contributed by atoms with Crippen LogP contribution in [0.4, 0.5) is 26.3 Å². The number of halogens is 6. The average Bonchev–Trinajstić information content (AvgIpc) is 2.59. The lowest BCUT2D eigenvalue weighted by Crippen LogP contribution is -2.40. The molecule has 162 valence electrons. The van der Waals surface area contributed by atoms with Crippen LogP contribution in [-0.2, 0) is 33.4 Å². The molecule has 0 spiro atoms. The molecule has 3 rings (SSSR count). The van der Waals surface area contributed by atoms with E-state index >= 15 is 0 Å². The number of nitrogens with zero attached hydrogens (tertiary/aromatic N) is 1. The molecule has 0 amide bonds. The molecule has 1 heterocycles. The van der Waals surface area contributed by atoms with Crippen LogP contribution in [0.25, 0.3) is 0 Å². The van der Waals surface area contributed by atoms with Crippen LogP contribution in [0.2, 0.25) is 0 Å². The first-order valence-corrected chi connectivity index (χ1v) is 10.3. The van der Waals surface area contributed by atoms with Crippen molar-refractivity contribution >= 4 is 15.6 Å². The van der Waals surface area contributed by atoms with E-state index in [0.29, 0.717) is 6.07 Å². The molecule has 1 fully saturated rings. The van der Waals surface area contributed by atoms with Crippen LogP contribution in [0.15, 0.2) is 47.5 Å². The summed E-state index contributed by atoms with van der Waals surface area (Å²) in [6, 6.07) is 4.90. The van der Waals surface area contributed by atoms with Gasteiger partial charge < -0.3 is 0 Å². The van der Waals surface area contributed by atoms with Crippen molar-refractivity contribution in [2.24, 2.45) is 5.92 Å². The Morgan fingerprint density at radius 3 is 2.17 bits per heavy atom. The molecule has 1 aliphatic rings. The normalized spacial score (nSPS) is 19.9. The van der Waals surface area contributed by atoms with Crippen molar-refractivity contribution in [3.05, 3.63) is 59.4 Å². The van der Waals surface area contributed by atoms with Crippen molar-refractivity contribution in [3.63, 3.8) is 0 Å². The summed E-state index contributed by atoms with van der Waals surface area (Å²) >= 11 is 0. The van der Waals surface area contributed by atoms with Crippen LogP contribution in [0.3, 0.4) is 0 Å². The van der Waals surface area contributed by atoms with Gasteiger partial charge in [-0.3, -0.25) is 9.78 Å². The third-order valence-electron chi connectivity index (χ3n) is 4.98. The molecule has 1 aromatic heterocycles. The number of Topliss-reactive ketones (excluding diaryl/α,β-unsaturated/α-hetero) is 1. The van der Waals surface area contributed by atoms with Crippen LogP contribution in [0, 0.1) is 5.92 Å². The van der Waals surface area contributed by atoms with Crippen LogP contribution < -0.4 is 0 Å². The molecule has 0 atom stereocenters. The van der Waals surface area contributed by atoms with E-state index in [1.807, 2.05) is 0 Å². The first-order chi connectivity index (χ1) is 13.8. The van der Waals surface area contributed by atoms with Gasteiger partial charge in [0.25, 0.3) is 0 Å². The average molecular weight is 451 g/mol. The van der Waals surface area contributed by atoms with Gasteiger partial charge in [0.15, 0.2) is 9.84 Å². The third kappa shape index (κ3) is 4.66. The Labute approximate surface area is 167 Å². The Morgan fingerprint density at radius 2 is 1.57 bits per heavy atom. The number of carbonyl (C=O) groups excluding carboxylic acids is 1. The van der Waals surface area contributed by atoms with E-state index in [2.05, 4.69) is 4.98 Å². The minimum atomic E-state index is -4.69. The first-order valence-electron chi connectivity index (χ1n) is 8.74. The van der Waals surface area contributed by atoms with Gasteiger partial charge in [-0.2, -0.15) is 26.3 Å². The molecule has 30 heavy (non-hydrogen) atoms. The maximum Gasteiger partial charge on any atom is 0.416 e. The van der Waals surface area contributed by atoms with E-state index in [-0.39, 0.29) is 25.0 Å². The maximum absolute atomic E-state index is 12.8. The second-order valence-electron chi connectivity index (χ2n) is 7.04. The van der Waals surface area contributed by atoms with Crippen molar-refractivity contribution < 1.29 is 39.6 Å². The van der Waals surface area contributed by atoms with Crippen molar-refractivity contribution in [2.45, 2.75) is 41.8 Å². The number of sulfone groups is 1. The van der Waals surface area contributed by atoms with Crippen molar-refractivity contribution in [1.82, 2.24) is 4.98 Å². The number of ketones is 1. The van der Waals surface area contributed by atoms with Gasteiger partial charge in [-0.25, -0.2) is 8.42 Å². The molecule has 0 saturated heterocycles. The summed E-state index contributed by atoms with van der Waals surface area (Å²) in [6.07, 6.45) is -8.92. The molecule has 11 heteroatoms. The second kappa shape index (κ2) is 7.68. The number of carbonyl (C=O) groups is 1. The van der Waals surface area contributed by atoms with E-state index in [1.54, 1.807) is 0 Å². The Kier molecular flexibility index (Phi) is 5.70. The predicted octanol–water partition coefficient (Wildman–Crippen LogP) is 4.48. The summed E-state index contributed by atoms with van der Waals surface area (Å²) in [5.74, 6) is -1.16. The lowest BCUT2D eigenvalue weighted by molar-refractivity contribution is -0.138. The quantitative estimate of drug-likeness (QED) is 0.629. The third-order valence-corrected chi connectivity index (χ3v) is 7.15. The molecule has 0 bridgehead atoms. The number of aromatic nitrogens is 1. The second-order valence-corrected chi connectivity index (χ2v) is 9.27. The van der Waals surface area contributed by atoms with Gasteiger partial charge in [-0.1, -0.05) is 6.07 Å². The Balaban J connectivity index is 1.66. The SMILES string of the molecule is O=C(Cc1cc(C(F)(F)F)ccn1)C1CC(S(=O)(=O)c2cccc(C(F)(F)F)c2)C1. The van der Waals surface area contributed by atoms with Crippen LogP contribution >= 0.6 is 0 Å². The highest BCUT2D eigenvalue weighted by Crippen LogP contribution is 2.39. The molecule has 2 aromatic rings. The fraction of sp³-hybridized carbons (Fsp3) is 0.368. The number of rotatable bonds is 5. The van der Waals surface area contributed by atoms with E-state index in [4.69, 9.17) is 0 Å². The highest BCUT2D eigenvalue weighted by atomic mass is 32.2. The van der Waals surface area contributed by atoms with Crippen molar-refractivity contribution in [1.29, 1.82) is 0 Å².